The Kier molecular flexibility index (Phi) is 6.31. The van der Waals surface area contributed by atoms with Crippen LogP contribution in [0.1, 0.15) is 38.5 Å². The minimum absolute atomic E-state index is 0.0594. The molecule has 3 aromatic carbocycles. The topological polar surface area (TPSA) is 55.4 Å². The molecule has 168 valence electrons. The Hall–Kier alpha value is -3.87. The lowest BCUT2D eigenvalue weighted by Gasteiger charge is -2.14. The summed E-state index contributed by atoms with van der Waals surface area (Å²) >= 11 is 0. The maximum Gasteiger partial charge on any atom is 0.417 e. The number of aldehydes is 1. The van der Waals surface area contributed by atoms with E-state index in [-0.39, 0.29) is 30.9 Å². The van der Waals surface area contributed by atoms with Gasteiger partial charge in [-0.15, -0.1) is 0 Å². The number of alkyl carbamates (subject to hydrolysis) is 1. The molecule has 0 radical (unpaired) electrons. The van der Waals surface area contributed by atoms with Crippen molar-refractivity contribution >= 4 is 18.5 Å². The van der Waals surface area contributed by atoms with E-state index in [1.54, 1.807) is 0 Å². The van der Waals surface area contributed by atoms with Gasteiger partial charge in [-0.05, 0) is 33.9 Å². The van der Waals surface area contributed by atoms with Gasteiger partial charge in [-0.2, -0.15) is 13.2 Å². The largest absolute Gasteiger partial charge is 0.449 e. The molecule has 4 nitrogen and oxygen atoms in total. The van der Waals surface area contributed by atoms with E-state index >= 15 is 0 Å². The highest BCUT2D eigenvalue weighted by molar-refractivity contribution is 5.79. The van der Waals surface area contributed by atoms with Gasteiger partial charge in [0.2, 0.25) is 0 Å². The normalized spacial score (nSPS) is 12.9. The first-order valence-electron chi connectivity index (χ1n) is 10.3. The van der Waals surface area contributed by atoms with Gasteiger partial charge in [0.15, 0.2) is 6.29 Å². The minimum atomic E-state index is -4.63. The SMILES string of the molecule is O=Cc1ccc(C=CCNC(=O)OCC2c3ccccc3-c3ccccc32)cc1C(F)(F)F. The first-order chi connectivity index (χ1) is 15.9. The molecule has 0 bridgehead atoms. The third-order valence-electron chi connectivity index (χ3n) is 5.53. The molecule has 4 rings (SSSR count). The van der Waals surface area contributed by atoms with Gasteiger partial charge in [-0.25, -0.2) is 4.79 Å². The smallest absolute Gasteiger partial charge is 0.417 e. The van der Waals surface area contributed by atoms with Gasteiger partial charge in [0.1, 0.15) is 6.61 Å². The molecule has 0 aliphatic heterocycles. The van der Waals surface area contributed by atoms with Crippen molar-refractivity contribution in [2.45, 2.75) is 12.1 Å². The predicted molar refractivity (Wildman–Crippen MR) is 119 cm³/mol. The molecule has 0 saturated heterocycles. The number of amides is 1. The van der Waals surface area contributed by atoms with Crippen molar-refractivity contribution in [3.63, 3.8) is 0 Å². The fraction of sp³-hybridized carbons (Fsp3) is 0.154. The number of benzene rings is 3. The number of ether oxygens (including phenoxy) is 1. The zero-order valence-electron chi connectivity index (χ0n) is 17.4. The third kappa shape index (κ3) is 4.82. The molecule has 1 aliphatic carbocycles. The van der Waals surface area contributed by atoms with E-state index in [1.807, 2.05) is 48.5 Å². The van der Waals surface area contributed by atoms with Crippen molar-refractivity contribution in [1.29, 1.82) is 0 Å². The van der Waals surface area contributed by atoms with Crippen LogP contribution in [0, 0.1) is 0 Å². The molecule has 0 spiro atoms. The van der Waals surface area contributed by atoms with Gasteiger partial charge in [0, 0.05) is 18.0 Å². The minimum Gasteiger partial charge on any atom is -0.449 e. The van der Waals surface area contributed by atoms with E-state index in [0.717, 1.165) is 34.4 Å². The fourth-order valence-electron chi connectivity index (χ4n) is 4.01. The molecule has 0 heterocycles. The summed E-state index contributed by atoms with van der Waals surface area (Å²) in [4.78, 5) is 23.0. The zero-order chi connectivity index (χ0) is 23.4. The van der Waals surface area contributed by atoms with Crippen LogP contribution >= 0.6 is 0 Å². The van der Waals surface area contributed by atoms with Crippen LogP contribution in [0.15, 0.2) is 72.8 Å². The fourth-order valence-corrected chi connectivity index (χ4v) is 4.01. The summed E-state index contributed by atoms with van der Waals surface area (Å²) in [7, 11) is 0. The van der Waals surface area contributed by atoms with Crippen molar-refractivity contribution in [1.82, 2.24) is 5.32 Å². The van der Waals surface area contributed by atoms with Crippen molar-refractivity contribution < 1.29 is 27.5 Å². The van der Waals surface area contributed by atoms with Crippen LogP contribution in [0.2, 0.25) is 0 Å². The summed E-state index contributed by atoms with van der Waals surface area (Å²) in [5, 5.41) is 2.57. The molecule has 0 fully saturated rings. The standard InChI is InChI=1S/C26H20F3NO3/c27-26(28,29)24-14-17(11-12-18(24)15-31)6-5-13-30-25(32)33-16-23-21-9-3-1-7-19(21)20-8-2-4-10-22(20)23/h1-12,14-15,23H,13,16H2,(H,30,32). The Morgan fingerprint density at radius 3 is 2.21 bits per heavy atom. The Morgan fingerprint density at radius 1 is 0.970 bits per heavy atom. The first kappa shape index (κ1) is 22.3. The number of halogens is 3. The first-order valence-corrected chi connectivity index (χ1v) is 10.3. The second kappa shape index (κ2) is 9.32. The Bertz CT molecular complexity index is 1170. The molecule has 0 aromatic heterocycles. The van der Waals surface area contributed by atoms with E-state index in [0.29, 0.717) is 0 Å². The lowest BCUT2D eigenvalue weighted by Crippen LogP contribution is -2.26. The molecular weight excluding hydrogens is 431 g/mol. The Morgan fingerprint density at radius 2 is 1.61 bits per heavy atom. The van der Waals surface area contributed by atoms with Gasteiger partial charge in [-0.3, -0.25) is 4.79 Å². The quantitative estimate of drug-likeness (QED) is 0.463. The van der Waals surface area contributed by atoms with E-state index in [2.05, 4.69) is 5.32 Å². The molecule has 7 heteroatoms. The molecule has 33 heavy (non-hydrogen) atoms. The molecule has 0 atom stereocenters. The lowest BCUT2D eigenvalue weighted by atomic mass is 9.98. The summed E-state index contributed by atoms with van der Waals surface area (Å²) in [6.45, 7) is 0.249. The molecule has 1 N–H and O–H groups in total. The maximum absolute atomic E-state index is 13.1. The van der Waals surface area contributed by atoms with Crippen molar-refractivity contribution in [2.24, 2.45) is 0 Å². The van der Waals surface area contributed by atoms with Crippen LogP contribution < -0.4 is 5.32 Å². The second-order valence-electron chi connectivity index (χ2n) is 7.57. The van der Waals surface area contributed by atoms with E-state index < -0.39 is 23.4 Å². The Balaban J connectivity index is 1.34. The molecular formula is C26H20F3NO3. The number of rotatable bonds is 6. The third-order valence-corrected chi connectivity index (χ3v) is 5.53. The van der Waals surface area contributed by atoms with E-state index in [4.69, 9.17) is 4.74 Å². The van der Waals surface area contributed by atoms with Crippen LogP contribution in [0.3, 0.4) is 0 Å². The lowest BCUT2D eigenvalue weighted by molar-refractivity contribution is -0.137. The van der Waals surface area contributed by atoms with Crippen LogP contribution in [-0.2, 0) is 10.9 Å². The number of carbonyl (C=O) groups is 2. The summed E-state index contributed by atoms with van der Waals surface area (Å²) in [6, 6.07) is 19.4. The van der Waals surface area contributed by atoms with Crippen molar-refractivity contribution in [3.05, 3.63) is 101 Å². The summed E-state index contributed by atoms with van der Waals surface area (Å²) in [5.41, 5.74) is 3.31. The van der Waals surface area contributed by atoms with Gasteiger partial charge in [0.25, 0.3) is 0 Å². The van der Waals surface area contributed by atoms with Crippen LogP contribution in [0.25, 0.3) is 17.2 Å². The van der Waals surface area contributed by atoms with Crippen LogP contribution in [-0.4, -0.2) is 25.5 Å². The number of nitrogens with one attached hydrogen (secondary N) is 1. The average molecular weight is 451 g/mol. The molecule has 0 unspecified atom stereocenters. The number of hydrogen-bond donors (Lipinski definition) is 1. The maximum atomic E-state index is 13.1. The van der Waals surface area contributed by atoms with Crippen molar-refractivity contribution in [3.8, 4) is 11.1 Å². The number of carbonyl (C=O) groups excluding carboxylic acids is 2. The number of hydrogen-bond acceptors (Lipinski definition) is 3. The van der Waals surface area contributed by atoms with Gasteiger partial charge >= 0.3 is 12.3 Å². The number of alkyl halides is 3. The predicted octanol–water partition coefficient (Wildman–Crippen LogP) is 6.07. The molecule has 0 saturated carbocycles. The van der Waals surface area contributed by atoms with E-state index in [1.165, 1.54) is 18.2 Å². The van der Waals surface area contributed by atoms with Crippen molar-refractivity contribution in [2.75, 3.05) is 13.2 Å². The molecule has 1 amide bonds. The summed E-state index contributed by atoms with van der Waals surface area (Å²) < 4.78 is 44.6. The highest BCUT2D eigenvalue weighted by atomic mass is 19.4. The monoisotopic (exact) mass is 451 g/mol. The average Bonchev–Trinajstić information content (AvgIpc) is 3.13. The van der Waals surface area contributed by atoms with E-state index in [9.17, 15) is 22.8 Å². The van der Waals surface area contributed by atoms with Gasteiger partial charge < -0.3 is 10.1 Å². The Labute approximate surface area is 188 Å². The highest BCUT2D eigenvalue weighted by Gasteiger charge is 2.33. The molecule has 1 aliphatic rings. The van der Waals surface area contributed by atoms with Crippen LogP contribution in [0.4, 0.5) is 18.0 Å². The van der Waals surface area contributed by atoms with Gasteiger partial charge in [0.05, 0.1) is 5.56 Å². The summed E-state index contributed by atoms with van der Waals surface area (Å²) in [5.74, 6) is -0.0594. The molecule has 3 aromatic rings. The van der Waals surface area contributed by atoms with Gasteiger partial charge in [-0.1, -0.05) is 72.8 Å². The number of fused-ring (bicyclic) bond motifs is 3. The zero-order valence-corrected chi connectivity index (χ0v) is 17.4. The van der Waals surface area contributed by atoms with Crippen LogP contribution in [0.5, 0.6) is 0 Å². The summed E-state index contributed by atoms with van der Waals surface area (Å²) in [6.07, 6.45) is -2.12. The highest BCUT2D eigenvalue weighted by Crippen LogP contribution is 2.44. The second-order valence-corrected chi connectivity index (χ2v) is 7.57.